The van der Waals surface area contributed by atoms with E-state index in [-0.39, 0.29) is 34.3 Å². The third-order valence-corrected chi connectivity index (χ3v) is 5.85. The summed E-state index contributed by atoms with van der Waals surface area (Å²) in [6.45, 7) is 3.58. The summed E-state index contributed by atoms with van der Waals surface area (Å²) in [5.74, 6) is -2.08. The molecule has 0 atom stereocenters. The maximum atomic E-state index is 12.5. The zero-order valence-electron chi connectivity index (χ0n) is 17.2. The first-order valence-corrected chi connectivity index (χ1v) is 10.7. The highest BCUT2D eigenvalue weighted by atomic mass is 32.1. The van der Waals surface area contributed by atoms with Crippen LogP contribution in [-0.2, 0) is 16.1 Å². The van der Waals surface area contributed by atoms with Crippen molar-refractivity contribution in [2.45, 2.75) is 33.2 Å². The monoisotopic (exact) mass is 442 g/mol. The molecule has 1 aliphatic heterocycles. The van der Waals surface area contributed by atoms with E-state index in [0.29, 0.717) is 24.4 Å². The summed E-state index contributed by atoms with van der Waals surface area (Å²) >= 11 is 1.21. The van der Waals surface area contributed by atoms with Crippen LogP contribution in [0.25, 0.3) is 0 Å². The van der Waals surface area contributed by atoms with Crippen molar-refractivity contribution in [1.82, 2.24) is 10.2 Å². The van der Waals surface area contributed by atoms with Gasteiger partial charge in [0.2, 0.25) is 11.7 Å². The van der Waals surface area contributed by atoms with Gasteiger partial charge < -0.3 is 10.1 Å². The molecule has 3 amide bonds. The summed E-state index contributed by atoms with van der Waals surface area (Å²) in [7, 11) is 0. The predicted molar refractivity (Wildman–Crippen MR) is 113 cm³/mol. The van der Waals surface area contributed by atoms with Gasteiger partial charge in [0.05, 0.1) is 28.1 Å². The van der Waals surface area contributed by atoms with E-state index in [1.165, 1.54) is 41.4 Å². The number of esters is 1. The van der Waals surface area contributed by atoms with Gasteiger partial charge in [0.15, 0.2) is 6.61 Å². The second-order valence-corrected chi connectivity index (χ2v) is 8.22. The van der Waals surface area contributed by atoms with Crippen LogP contribution in [-0.4, -0.2) is 47.5 Å². The van der Waals surface area contributed by atoms with Crippen molar-refractivity contribution in [1.29, 1.82) is 0 Å². The average Bonchev–Trinajstić information content (AvgIpc) is 3.32. The number of imide groups is 1. The first kappa shape index (κ1) is 22.4. The Hall–Kier alpha value is -3.33. The molecule has 2 aromatic rings. The number of fused-ring (bicyclic) bond motifs is 1. The van der Waals surface area contributed by atoms with E-state index in [4.69, 9.17) is 4.74 Å². The van der Waals surface area contributed by atoms with Crippen molar-refractivity contribution in [3.63, 3.8) is 0 Å². The summed E-state index contributed by atoms with van der Waals surface area (Å²) in [5, 5.41) is 2.65. The van der Waals surface area contributed by atoms with Gasteiger partial charge in [-0.25, -0.2) is 4.79 Å². The number of carbonyl (C=O) groups is 5. The van der Waals surface area contributed by atoms with Crippen LogP contribution >= 0.6 is 11.3 Å². The number of nitrogens with one attached hydrogen (secondary N) is 1. The Kier molecular flexibility index (Phi) is 6.96. The summed E-state index contributed by atoms with van der Waals surface area (Å²) in [6.07, 6.45) is 1.55. The Morgan fingerprint density at radius 2 is 1.81 bits per heavy atom. The molecule has 31 heavy (non-hydrogen) atoms. The van der Waals surface area contributed by atoms with Crippen molar-refractivity contribution < 1.29 is 28.7 Å². The van der Waals surface area contributed by atoms with Crippen LogP contribution in [0.15, 0.2) is 30.3 Å². The number of carbonyl (C=O) groups excluding carboxylic acids is 5. The molecule has 0 saturated carbocycles. The fraction of sp³-hybridized carbons (Fsp3) is 0.318. The Morgan fingerprint density at radius 1 is 1.06 bits per heavy atom. The molecule has 1 aliphatic rings. The van der Waals surface area contributed by atoms with Crippen molar-refractivity contribution >= 4 is 40.8 Å². The number of thiophene rings is 1. The number of hydrogen-bond acceptors (Lipinski definition) is 7. The second-order valence-electron chi connectivity index (χ2n) is 7.05. The van der Waals surface area contributed by atoms with E-state index in [2.05, 4.69) is 5.32 Å². The van der Waals surface area contributed by atoms with Crippen LogP contribution < -0.4 is 5.32 Å². The molecule has 1 aromatic carbocycles. The van der Waals surface area contributed by atoms with Crippen LogP contribution in [0.5, 0.6) is 0 Å². The highest BCUT2D eigenvalue weighted by molar-refractivity contribution is 7.14. The highest BCUT2D eigenvalue weighted by Crippen LogP contribution is 2.25. The SMILES string of the molecule is CCCCN1C(=O)c2ccc(C(=O)OCC(=O)c3ccc(CNC(C)=O)s3)cc2C1=O. The van der Waals surface area contributed by atoms with Crippen LogP contribution in [0, 0.1) is 0 Å². The minimum atomic E-state index is -0.751. The molecule has 0 saturated heterocycles. The second kappa shape index (κ2) is 9.65. The largest absolute Gasteiger partial charge is 0.454 e. The molecule has 2 heterocycles. The lowest BCUT2D eigenvalue weighted by Gasteiger charge is -2.12. The lowest BCUT2D eigenvalue weighted by Crippen LogP contribution is -2.30. The van der Waals surface area contributed by atoms with E-state index < -0.39 is 18.5 Å². The van der Waals surface area contributed by atoms with E-state index in [1.54, 1.807) is 12.1 Å². The molecule has 3 rings (SSSR count). The van der Waals surface area contributed by atoms with Gasteiger partial charge in [0.1, 0.15) is 0 Å². The van der Waals surface area contributed by atoms with Gasteiger partial charge in [-0.2, -0.15) is 0 Å². The number of nitrogens with zero attached hydrogens (tertiary/aromatic N) is 1. The minimum absolute atomic E-state index is 0.0996. The van der Waals surface area contributed by atoms with E-state index >= 15 is 0 Å². The van der Waals surface area contributed by atoms with Crippen LogP contribution in [0.2, 0.25) is 0 Å². The topological polar surface area (TPSA) is 110 Å². The van der Waals surface area contributed by atoms with Gasteiger partial charge in [-0.1, -0.05) is 13.3 Å². The van der Waals surface area contributed by atoms with Gasteiger partial charge in [-0.3, -0.25) is 24.1 Å². The third-order valence-electron chi connectivity index (χ3n) is 4.72. The quantitative estimate of drug-likeness (QED) is 0.363. The molecular weight excluding hydrogens is 420 g/mol. The molecule has 0 spiro atoms. The van der Waals surface area contributed by atoms with Crippen molar-refractivity contribution in [2.75, 3.05) is 13.2 Å². The van der Waals surface area contributed by atoms with Gasteiger partial charge in [-0.05, 0) is 36.8 Å². The normalized spacial score (nSPS) is 12.6. The van der Waals surface area contributed by atoms with Gasteiger partial charge in [0.25, 0.3) is 11.8 Å². The molecule has 0 bridgehead atoms. The molecular formula is C22H22N2O6S. The molecule has 9 heteroatoms. The zero-order valence-corrected chi connectivity index (χ0v) is 18.0. The molecule has 0 radical (unpaired) electrons. The van der Waals surface area contributed by atoms with Crippen molar-refractivity contribution in [2.24, 2.45) is 0 Å². The lowest BCUT2D eigenvalue weighted by atomic mass is 10.1. The summed E-state index contributed by atoms with van der Waals surface area (Å²) in [4.78, 5) is 62.9. The van der Waals surface area contributed by atoms with Crippen LogP contribution in [0.1, 0.15) is 72.3 Å². The van der Waals surface area contributed by atoms with E-state index in [9.17, 15) is 24.0 Å². The number of rotatable bonds is 9. The number of hydrogen-bond donors (Lipinski definition) is 1. The molecule has 0 aliphatic carbocycles. The van der Waals surface area contributed by atoms with Gasteiger partial charge in [-0.15, -0.1) is 11.3 Å². The molecule has 8 nitrogen and oxygen atoms in total. The van der Waals surface area contributed by atoms with Crippen LogP contribution in [0.4, 0.5) is 0 Å². The molecule has 1 aromatic heterocycles. The number of Topliss-reactive ketones (excluding diaryl/α,β-unsaturated/α-hetero) is 1. The fourth-order valence-corrected chi connectivity index (χ4v) is 3.93. The molecule has 0 unspecified atom stereocenters. The van der Waals surface area contributed by atoms with Gasteiger partial charge in [0, 0.05) is 18.3 Å². The highest BCUT2D eigenvalue weighted by Gasteiger charge is 2.35. The lowest BCUT2D eigenvalue weighted by molar-refractivity contribution is -0.119. The predicted octanol–water partition coefficient (Wildman–Crippen LogP) is 2.82. The number of ether oxygens (including phenoxy) is 1. The Balaban J connectivity index is 1.61. The first-order chi connectivity index (χ1) is 14.8. The van der Waals surface area contributed by atoms with Gasteiger partial charge >= 0.3 is 5.97 Å². The number of unbranched alkanes of at least 4 members (excludes halogenated alkanes) is 1. The Labute approximate surface area is 183 Å². The number of benzene rings is 1. The maximum absolute atomic E-state index is 12.5. The number of amides is 3. The standard InChI is InChI=1S/C22H22N2O6S/c1-3-4-9-24-20(27)16-7-5-14(10-17(16)21(24)28)22(29)30-12-18(26)19-8-6-15(31-19)11-23-13(2)25/h5-8,10H,3-4,9,11-12H2,1-2H3,(H,23,25). The van der Waals surface area contributed by atoms with Crippen molar-refractivity contribution in [3.05, 3.63) is 56.8 Å². The molecule has 0 fully saturated rings. The fourth-order valence-electron chi connectivity index (χ4n) is 3.06. The third kappa shape index (κ3) is 5.05. The van der Waals surface area contributed by atoms with E-state index in [1.807, 2.05) is 6.92 Å². The zero-order chi connectivity index (χ0) is 22.5. The first-order valence-electron chi connectivity index (χ1n) is 9.85. The summed E-state index contributed by atoms with van der Waals surface area (Å²) in [6, 6.07) is 7.53. The molecule has 162 valence electrons. The van der Waals surface area contributed by atoms with Crippen LogP contribution in [0.3, 0.4) is 0 Å². The Bertz CT molecular complexity index is 1060. The minimum Gasteiger partial charge on any atom is -0.454 e. The Morgan fingerprint density at radius 3 is 2.52 bits per heavy atom. The maximum Gasteiger partial charge on any atom is 0.338 e. The van der Waals surface area contributed by atoms with Crippen molar-refractivity contribution in [3.8, 4) is 0 Å². The summed E-state index contributed by atoms with van der Waals surface area (Å²) < 4.78 is 5.10. The molecule has 1 N–H and O–H groups in total. The summed E-state index contributed by atoms with van der Waals surface area (Å²) in [5.41, 5.74) is 0.532. The van der Waals surface area contributed by atoms with E-state index in [0.717, 1.165) is 11.3 Å². The number of ketones is 1. The smallest absolute Gasteiger partial charge is 0.338 e. The average molecular weight is 442 g/mol.